The summed E-state index contributed by atoms with van der Waals surface area (Å²) in [5, 5.41) is 4.52. The maximum Gasteiger partial charge on any atom is 0.230 e. The maximum absolute atomic E-state index is 16.4. The van der Waals surface area contributed by atoms with Crippen molar-refractivity contribution in [2.45, 2.75) is 70.1 Å². The van der Waals surface area contributed by atoms with Crippen molar-refractivity contribution in [1.82, 2.24) is 14.9 Å². The monoisotopic (exact) mass is 628 g/mol. The van der Waals surface area contributed by atoms with Gasteiger partial charge in [0, 0.05) is 29.2 Å². The third kappa shape index (κ3) is 4.05. The summed E-state index contributed by atoms with van der Waals surface area (Å²) in [6.07, 6.45) is 9.73. The van der Waals surface area contributed by atoms with E-state index in [0.29, 0.717) is 52.9 Å². The van der Waals surface area contributed by atoms with Crippen LogP contribution in [0.2, 0.25) is 0 Å². The Morgan fingerprint density at radius 2 is 2.05 bits per heavy atom. The van der Waals surface area contributed by atoms with Gasteiger partial charge in [0.1, 0.15) is 23.1 Å². The smallest absolute Gasteiger partial charge is 0.230 e. The molecule has 3 aliphatic carbocycles. The molecular weight excluding hydrogens is 594 g/mol. The lowest BCUT2D eigenvalue weighted by Crippen LogP contribution is -2.41. The second-order valence-corrected chi connectivity index (χ2v) is 12.6. The number of aryl methyl sites for hydroxylation is 1. The highest BCUT2D eigenvalue weighted by Gasteiger charge is 2.47. The zero-order valence-corrected chi connectivity index (χ0v) is 24.1. The number of pyridine rings is 2. The minimum Gasteiger partial charge on any atom is -0.493 e. The molecule has 3 saturated carbocycles. The van der Waals surface area contributed by atoms with E-state index in [4.69, 9.17) is 14.5 Å². The van der Waals surface area contributed by atoms with Gasteiger partial charge in [0.25, 0.3) is 0 Å². The van der Waals surface area contributed by atoms with E-state index in [1.165, 1.54) is 25.7 Å². The Bertz CT molecular complexity index is 1390. The van der Waals surface area contributed by atoms with Crippen molar-refractivity contribution in [3.8, 4) is 22.9 Å². The number of nitrogens with zero attached hydrogens (tertiary/aromatic N) is 3. The fraction of sp³-hybridized carbons (Fsp3) is 0.533. The molecule has 0 amide bonds. The predicted octanol–water partition coefficient (Wildman–Crippen LogP) is 6.44. The standard InChI is InChI=1S/C30H34FIN4O2/c1-16(22-9-4-12-36(22)2)38-30-24(32)28(34-25-18-10-11-19(25)14-18)21-15-33-26(23(31)27(21)35-30)20-8-3-6-17-7-5-13-37-29(17)20/h3,6,8,15-16,18-19,22,25H,4-5,7,9-14H2,1-2H3,(H,34,35)/t16-,18-,19+,22-,25-/m0/s1. The highest BCUT2D eigenvalue weighted by Crippen LogP contribution is 2.51. The van der Waals surface area contributed by atoms with Crippen molar-refractivity contribution in [1.29, 1.82) is 0 Å². The molecule has 6 nitrogen and oxygen atoms in total. The number of halogens is 2. The molecule has 2 aliphatic heterocycles. The second-order valence-electron chi connectivity index (χ2n) is 11.6. The minimum atomic E-state index is -0.420. The summed E-state index contributed by atoms with van der Waals surface area (Å²) in [6.45, 7) is 3.82. The van der Waals surface area contributed by atoms with Crippen LogP contribution in [0.15, 0.2) is 24.4 Å². The molecule has 1 N–H and O–H groups in total. The van der Waals surface area contributed by atoms with E-state index in [2.05, 4.69) is 57.8 Å². The summed E-state index contributed by atoms with van der Waals surface area (Å²) < 4.78 is 29.9. The first kappa shape index (κ1) is 24.8. The van der Waals surface area contributed by atoms with Crippen LogP contribution >= 0.6 is 22.6 Å². The molecule has 5 aliphatic rings. The molecule has 8 heteroatoms. The highest BCUT2D eigenvalue weighted by atomic mass is 127. The summed E-state index contributed by atoms with van der Waals surface area (Å²) in [5.41, 5.74) is 3.29. The lowest BCUT2D eigenvalue weighted by molar-refractivity contribution is 0.116. The lowest BCUT2D eigenvalue weighted by atomic mass is 9.78. The molecule has 0 radical (unpaired) electrons. The lowest BCUT2D eigenvalue weighted by Gasteiger charge is -2.37. The number of likely N-dealkylation sites (tertiary alicyclic amines) is 1. The fourth-order valence-corrected chi connectivity index (χ4v) is 7.90. The molecule has 1 saturated heterocycles. The van der Waals surface area contributed by atoms with Gasteiger partial charge in [0.15, 0.2) is 5.82 Å². The van der Waals surface area contributed by atoms with E-state index in [-0.39, 0.29) is 11.8 Å². The average Bonchev–Trinajstić information content (AvgIpc) is 3.67. The number of rotatable bonds is 6. The molecule has 8 rings (SSSR count). The van der Waals surface area contributed by atoms with Crippen molar-refractivity contribution in [3.63, 3.8) is 0 Å². The Kier molecular flexibility index (Phi) is 6.38. The molecule has 0 unspecified atom stereocenters. The Balaban J connectivity index is 1.34. The molecule has 0 spiro atoms. The van der Waals surface area contributed by atoms with E-state index in [0.717, 1.165) is 46.4 Å². The highest BCUT2D eigenvalue weighted by molar-refractivity contribution is 14.1. The summed E-state index contributed by atoms with van der Waals surface area (Å²) in [4.78, 5) is 11.9. The summed E-state index contributed by atoms with van der Waals surface area (Å²) >= 11 is 2.33. The number of hydrogen-bond acceptors (Lipinski definition) is 6. The SMILES string of the molecule is C[C@H](Oc1nc2c(F)c(-c3cccc4c3OCCC4)ncc2c(N[C@@H]2[C@@H]3CC[C@H]2C3)c1I)[C@@H]1CCCN1C. The van der Waals surface area contributed by atoms with E-state index in [1.807, 2.05) is 12.1 Å². The van der Waals surface area contributed by atoms with E-state index < -0.39 is 5.82 Å². The Hall–Kier alpha value is -2.20. The van der Waals surface area contributed by atoms with Gasteiger partial charge in [-0.2, -0.15) is 0 Å². The summed E-state index contributed by atoms with van der Waals surface area (Å²) in [6, 6.07) is 6.67. The Morgan fingerprint density at radius 1 is 1.21 bits per heavy atom. The summed E-state index contributed by atoms with van der Waals surface area (Å²) in [7, 11) is 2.15. The number of benzene rings is 1. The van der Waals surface area contributed by atoms with Crippen LogP contribution in [0.3, 0.4) is 0 Å². The van der Waals surface area contributed by atoms with Gasteiger partial charge in [-0.3, -0.25) is 9.88 Å². The number of nitrogens with one attached hydrogen (secondary N) is 1. The normalized spacial score (nSPS) is 27.1. The number of anilines is 1. The van der Waals surface area contributed by atoms with Gasteiger partial charge in [0.2, 0.25) is 5.88 Å². The largest absolute Gasteiger partial charge is 0.493 e. The van der Waals surface area contributed by atoms with Crippen LogP contribution in [0, 0.1) is 21.2 Å². The average molecular weight is 629 g/mol. The second kappa shape index (κ2) is 9.77. The number of fused-ring (bicyclic) bond motifs is 3. The van der Waals surface area contributed by atoms with Gasteiger partial charge < -0.3 is 14.8 Å². The number of aromatic nitrogens is 2. The first-order valence-electron chi connectivity index (χ1n) is 14.1. The number of ether oxygens (including phenoxy) is 2. The molecule has 5 atom stereocenters. The van der Waals surface area contributed by atoms with Gasteiger partial charge in [-0.1, -0.05) is 12.1 Å². The van der Waals surface area contributed by atoms with E-state index >= 15 is 4.39 Å². The van der Waals surface area contributed by atoms with Gasteiger partial charge in [-0.15, -0.1) is 0 Å². The van der Waals surface area contributed by atoms with Crippen LogP contribution in [0.25, 0.3) is 22.2 Å². The minimum absolute atomic E-state index is 0.0485. The first-order valence-corrected chi connectivity index (χ1v) is 15.1. The molecule has 4 fully saturated rings. The molecular formula is C30H34FIN4O2. The summed E-state index contributed by atoms with van der Waals surface area (Å²) in [5.74, 6) is 2.21. The van der Waals surface area contributed by atoms with Crippen LogP contribution in [0.1, 0.15) is 51.0 Å². The van der Waals surface area contributed by atoms with Crippen molar-refractivity contribution in [2.24, 2.45) is 11.8 Å². The maximum atomic E-state index is 16.4. The Labute approximate surface area is 236 Å². The molecule has 3 aromatic rings. The third-order valence-corrected chi connectivity index (χ3v) is 10.3. The van der Waals surface area contributed by atoms with Crippen LogP contribution in [0.5, 0.6) is 11.6 Å². The van der Waals surface area contributed by atoms with E-state index in [9.17, 15) is 0 Å². The zero-order chi connectivity index (χ0) is 26.0. The fourth-order valence-electron chi connectivity index (χ4n) is 7.21. The van der Waals surface area contributed by atoms with Gasteiger partial charge in [0.05, 0.1) is 15.9 Å². The number of hydrogen-bond donors (Lipinski definition) is 1. The molecule has 2 bridgehead atoms. The molecule has 2 aromatic heterocycles. The zero-order valence-electron chi connectivity index (χ0n) is 22.0. The Morgan fingerprint density at radius 3 is 2.82 bits per heavy atom. The predicted molar refractivity (Wildman–Crippen MR) is 155 cm³/mol. The van der Waals surface area contributed by atoms with Crippen molar-refractivity contribution in [3.05, 3.63) is 39.3 Å². The molecule has 38 heavy (non-hydrogen) atoms. The van der Waals surface area contributed by atoms with E-state index in [1.54, 1.807) is 6.20 Å². The third-order valence-electron chi connectivity index (χ3n) is 9.33. The topological polar surface area (TPSA) is 59.5 Å². The van der Waals surface area contributed by atoms with Crippen LogP contribution in [0.4, 0.5) is 10.1 Å². The molecule has 1 aromatic carbocycles. The first-order chi connectivity index (χ1) is 18.5. The van der Waals surface area contributed by atoms with Crippen molar-refractivity contribution < 1.29 is 13.9 Å². The van der Waals surface area contributed by atoms with Gasteiger partial charge >= 0.3 is 0 Å². The van der Waals surface area contributed by atoms with Crippen LogP contribution < -0.4 is 14.8 Å². The quantitative estimate of drug-likeness (QED) is 0.318. The van der Waals surface area contributed by atoms with Crippen molar-refractivity contribution >= 4 is 39.2 Å². The number of likely N-dealkylation sites (N-methyl/N-ethyl adjacent to an activating group) is 1. The molecule has 200 valence electrons. The number of para-hydroxylation sites is 1. The van der Waals surface area contributed by atoms with Crippen molar-refractivity contribution in [2.75, 3.05) is 25.5 Å². The van der Waals surface area contributed by atoms with Gasteiger partial charge in [-0.25, -0.2) is 9.37 Å². The molecule has 4 heterocycles. The van der Waals surface area contributed by atoms with Crippen LogP contribution in [-0.4, -0.2) is 53.3 Å². The van der Waals surface area contributed by atoms with Crippen LogP contribution in [-0.2, 0) is 6.42 Å². The van der Waals surface area contributed by atoms with Gasteiger partial charge in [-0.05, 0) is 112 Å².